The molecule has 2 aromatic carbocycles. The van der Waals surface area contributed by atoms with E-state index in [0.717, 1.165) is 36.0 Å². The summed E-state index contributed by atoms with van der Waals surface area (Å²) in [4.78, 5) is 24.7. The van der Waals surface area contributed by atoms with Gasteiger partial charge in [0.25, 0.3) is 5.56 Å². The van der Waals surface area contributed by atoms with Gasteiger partial charge in [-0.1, -0.05) is 43.2 Å². The molecule has 29 heavy (non-hydrogen) atoms. The number of unbranched alkanes of at least 4 members (excludes halogenated alkanes) is 1. The zero-order chi connectivity index (χ0) is 20.8. The smallest absolute Gasteiger partial charge is 0.267 e. The molecule has 0 aliphatic carbocycles. The molecule has 0 aliphatic rings. The van der Waals surface area contributed by atoms with Crippen LogP contribution >= 0.6 is 0 Å². The summed E-state index contributed by atoms with van der Waals surface area (Å²) in [5.74, 6) is -0.279. The lowest BCUT2D eigenvalue weighted by Gasteiger charge is -2.10. The van der Waals surface area contributed by atoms with Crippen LogP contribution in [0, 0.1) is 13.8 Å². The van der Waals surface area contributed by atoms with E-state index in [1.165, 1.54) is 16.3 Å². The molecule has 0 unspecified atom stereocenters. The van der Waals surface area contributed by atoms with Crippen molar-refractivity contribution in [2.45, 2.75) is 46.6 Å². The molecule has 3 rings (SSSR count). The highest BCUT2D eigenvalue weighted by atomic mass is 16.2. The van der Waals surface area contributed by atoms with Gasteiger partial charge >= 0.3 is 0 Å². The largest absolute Gasteiger partial charge is 0.324 e. The lowest BCUT2D eigenvalue weighted by molar-refractivity contribution is -0.117. The topological polar surface area (TPSA) is 64.0 Å². The number of hydrogen-bond donors (Lipinski definition) is 1. The Kier molecular flexibility index (Phi) is 6.60. The third kappa shape index (κ3) is 5.41. The van der Waals surface area contributed by atoms with Gasteiger partial charge in [0.1, 0.15) is 6.54 Å². The van der Waals surface area contributed by atoms with Crippen molar-refractivity contribution in [2.24, 2.45) is 0 Å². The number of anilines is 1. The van der Waals surface area contributed by atoms with Gasteiger partial charge in [-0.15, -0.1) is 0 Å². The van der Waals surface area contributed by atoms with Crippen molar-refractivity contribution in [1.82, 2.24) is 9.78 Å². The number of hydrogen-bond acceptors (Lipinski definition) is 3. The number of nitrogens with zero attached hydrogens (tertiary/aromatic N) is 2. The third-order valence-electron chi connectivity index (χ3n) is 4.89. The van der Waals surface area contributed by atoms with Crippen molar-refractivity contribution in [2.75, 3.05) is 5.32 Å². The molecule has 0 spiro atoms. The fourth-order valence-electron chi connectivity index (χ4n) is 3.19. The van der Waals surface area contributed by atoms with Crippen LogP contribution in [-0.2, 0) is 17.8 Å². The molecular formula is C24H27N3O2. The molecule has 1 N–H and O–H groups in total. The van der Waals surface area contributed by atoms with E-state index in [0.29, 0.717) is 11.4 Å². The Morgan fingerprint density at radius 1 is 1.03 bits per heavy atom. The van der Waals surface area contributed by atoms with E-state index in [2.05, 4.69) is 17.3 Å². The maximum atomic E-state index is 12.4. The van der Waals surface area contributed by atoms with E-state index in [1.807, 2.05) is 56.3 Å². The number of nitrogens with one attached hydrogen (secondary N) is 1. The summed E-state index contributed by atoms with van der Waals surface area (Å²) in [6, 6.07) is 17.1. The molecule has 1 aromatic heterocycles. The molecule has 1 heterocycles. The van der Waals surface area contributed by atoms with Crippen LogP contribution in [0.1, 0.15) is 36.5 Å². The van der Waals surface area contributed by atoms with Crippen molar-refractivity contribution in [1.29, 1.82) is 0 Å². The molecule has 5 nitrogen and oxygen atoms in total. The molecule has 0 bridgehead atoms. The molecule has 0 radical (unpaired) electrons. The second-order valence-electron chi connectivity index (χ2n) is 7.38. The molecule has 0 saturated heterocycles. The van der Waals surface area contributed by atoms with Gasteiger partial charge < -0.3 is 5.32 Å². The Morgan fingerprint density at radius 2 is 1.79 bits per heavy atom. The number of carbonyl (C=O) groups is 1. The summed E-state index contributed by atoms with van der Waals surface area (Å²) in [6.45, 7) is 6.05. The van der Waals surface area contributed by atoms with E-state index >= 15 is 0 Å². The van der Waals surface area contributed by atoms with Crippen LogP contribution in [0.15, 0.2) is 59.4 Å². The molecule has 0 atom stereocenters. The van der Waals surface area contributed by atoms with Gasteiger partial charge in [0.15, 0.2) is 0 Å². The van der Waals surface area contributed by atoms with Crippen molar-refractivity contribution in [3.8, 4) is 11.3 Å². The predicted octanol–water partition coefficient (Wildman–Crippen LogP) is 4.51. The van der Waals surface area contributed by atoms with Crippen LogP contribution in [0.3, 0.4) is 0 Å². The van der Waals surface area contributed by atoms with E-state index in [1.54, 1.807) is 6.07 Å². The monoisotopic (exact) mass is 389 g/mol. The quantitative estimate of drug-likeness (QED) is 0.647. The fourth-order valence-corrected chi connectivity index (χ4v) is 3.19. The van der Waals surface area contributed by atoms with Crippen LogP contribution in [0.25, 0.3) is 11.3 Å². The minimum absolute atomic E-state index is 0.130. The Hall–Kier alpha value is -3.21. The first-order valence-electron chi connectivity index (χ1n) is 10.0. The summed E-state index contributed by atoms with van der Waals surface area (Å²) < 4.78 is 1.21. The maximum Gasteiger partial charge on any atom is 0.267 e. The number of aromatic nitrogens is 2. The number of amides is 1. The predicted molar refractivity (Wildman–Crippen MR) is 117 cm³/mol. The van der Waals surface area contributed by atoms with Crippen molar-refractivity contribution < 1.29 is 4.79 Å². The van der Waals surface area contributed by atoms with Gasteiger partial charge in [-0.3, -0.25) is 9.59 Å². The lowest BCUT2D eigenvalue weighted by atomic mass is 10.0. The lowest BCUT2D eigenvalue weighted by Crippen LogP contribution is -2.29. The summed E-state index contributed by atoms with van der Waals surface area (Å²) in [7, 11) is 0. The first kappa shape index (κ1) is 20.5. The van der Waals surface area contributed by atoms with Crippen LogP contribution in [0.2, 0.25) is 0 Å². The molecule has 150 valence electrons. The normalized spacial score (nSPS) is 10.7. The van der Waals surface area contributed by atoms with Gasteiger partial charge in [0.05, 0.1) is 5.69 Å². The molecule has 0 fully saturated rings. The van der Waals surface area contributed by atoms with Gasteiger partial charge in [0, 0.05) is 17.3 Å². The van der Waals surface area contributed by atoms with Gasteiger partial charge in [0.2, 0.25) is 5.91 Å². The maximum absolute atomic E-state index is 12.4. The number of rotatable bonds is 7. The van der Waals surface area contributed by atoms with Crippen molar-refractivity contribution in [3.05, 3.63) is 81.6 Å². The standard InChI is InChI=1S/C24H27N3O2/c1-4-5-6-19-9-11-20(12-10-19)25-23(28)16-27-24(29)14-13-22(26-27)21-15-17(2)7-8-18(21)3/h7-15H,4-6,16H2,1-3H3,(H,25,28). The van der Waals surface area contributed by atoms with E-state index < -0.39 is 0 Å². The second-order valence-corrected chi connectivity index (χ2v) is 7.38. The first-order chi connectivity index (χ1) is 14.0. The van der Waals surface area contributed by atoms with E-state index in [-0.39, 0.29) is 18.0 Å². The third-order valence-corrected chi connectivity index (χ3v) is 4.89. The van der Waals surface area contributed by atoms with Crippen molar-refractivity contribution >= 4 is 11.6 Å². The minimum atomic E-state index is -0.302. The average Bonchev–Trinajstić information content (AvgIpc) is 2.71. The number of aryl methyl sites for hydroxylation is 3. The van der Waals surface area contributed by atoms with E-state index in [4.69, 9.17) is 0 Å². The van der Waals surface area contributed by atoms with Gasteiger partial charge in [-0.25, -0.2) is 4.68 Å². The van der Waals surface area contributed by atoms with Gasteiger partial charge in [-0.2, -0.15) is 5.10 Å². The molecule has 3 aromatic rings. The molecular weight excluding hydrogens is 362 g/mol. The van der Waals surface area contributed by atoms with Gasteiger partial charge in [-0.05, 0) is 62.1 Å². The molecule has 0 aliphatic heterocycles. The Balaban J connectivity index is 1.73. The Bertz CT molecular complexity index is 1050. The highest BCUT2D eigenvalue weighted by Crippen LogP contribution is 2.21. The summed E-state index contributed by atoms with van der Waals surface area (Å²) in [6.07, 6.45) is 3.34. The SMILES string of the molecule is CCCCc1ccc(NC(=O)Cn2nc(-c3cc(C)ccc3C)ccc2=O)cc1. The summed E-state index contributed by atoms with van der Waals surface area (Å²) >= 11 is 0. The average molecular weight is 389 g/mol. The Labute approximate surface area is 171 Å². The number of benzene rings is 2. The highest BCUT2D eigenvalue weighted by Gasteiger charge is 2.10. The van der Waals surface area contributed by atoms with Crippen LogP contribution in [0.5, 0.6) is 0 Å². The molecule has 5 heteroatoms. The summed E-state index contributed by atoms with van der Waals surface area (Å²) in [5, 5.41) is 7.26. The zero-order valence-corrected chi connectivity index (χ0v) is 17.2. The van der Waals surface area contributed by atoms with E-state index in [9.17, 15) is 9.59 Å². The van der Waals surface area contributed by atoms with Crippen LogP contribution in [-0.4, -0.2) is 15.7 Å². The fraction of sp³-hybridized carbons (Fsp3) is 0.292. The highest BCUT2D eigenvalue weighted by molar-refractivity contribution is 5.90. The summed E-state index contributed by atoms with van der Waals surface area (Å²) in [5.41, 5.74) is 5.49. The second kappa shape index (κ2) is 9.32. The Morgan fingerprint density at radius 3 is 2.52 bits per heavy atom. The first-order valence-corrected chi connectivity index (χ1v) is 10.0. The van der Waals surface area contributed by atoms with Crippen molar-refractivity contribution in [3.63, 3.8) is 0 Å². The minimum Gasteiger partial charge on any atom is -0.324 e. The number of carbonyl (C=O) groups excluding carboxylic acids is 1. The molecule has 0 saturated carbocycles. The zero-order valence-electron chi connectivity index (χ0n) is 17.2. The molecule has 1 amide bonds. The van der Waals surface area contributed by atoms with Crippen LogP contribution < -0.4 is 10.9 Å². The van der Waals surface area contributed by atoms with Crippen LogP contribution in [0.4, 0.5) is 5.69 Å².